The highest BCUT2D eigenvalue weighted by molar-refractivity contribution is 7.86. The highest BCUT2D eigenvalue weighted by atomic mass is 32.2. The Hall–Kier alpha value is -6.21. The molecule has 0 saturated heterocycles. The molecule has 0 aliphatic heterocycles. The van der Waals surface area contributed by atoms with Crippen molar-refractivity contribution in [1.29, 1.82) is 0 Å². The number of nitrogens with one attached hydrogen (secondary N) is 3. The van der Waals surface area contributed by atoms with E-state index in [2.05, 4.69) is 30.9 Å². The first-order valence-corrected chi connectivity index (χ1v) is 17.3. The predicted octanol–water partition coefficient (Wildman–Crippen LogP) is 4.94. The zero-order valence-corrected chi connectivity index (χ0v) is 28.0. The van der Waals surface area contributed by atoms with E-state index in [1.807, 2.05) is 0 Å². The van der Waals surface area contributed by atoms with Crippen molar-refractivity contribution < 1.29 is 35.8 Å². The van der Waals surface area contributed by atoms with Crippen LogP contribution in [0.4, 0.5) is 34.6 Å². The molecule has 7 rings (SSSR count). The Morgan fingerprint density at radius 1 is 0.804 bits per heavy atom. The lowest BCUT2D eigenvalue weighted by molar-refractivity contribution is 0.104. The molecule has 0 radical (unpaired) electrons. The molecule has 1 atom stereocenters. The maximum atomic E-state index is 14.0. The van der Waals surface area contributed by atoms with E-state index in [0.29, 0.717) is 27.6 Å². The molecule has 0 fully saturated rings. The molecule has 0 bridgehead atoms. The van der Waals surface area contributed by atoms with E-state index in [4.69, 9.17) is 4.18 Å². The molecule has 4 aromatic carbocycles. The van der Waals surface area contributed by atoms with Crippen LogP contribution in [-0.4, -0.2) is 52.1 Å². The Morgan fingerprint density at radius 3 is 2.25 bits per heavy atom. The van der Waals surface area contributed by atoms with Gasteiger partial charge in [-0.15, -0.1) is 0 Å². The molecule has 6 aromatic rings. The topological polar surface area (TPSA) is 235 Å². The molecule has 258 valence electrons. The number of ketones is 1. The number of fused-ring (bicyclic) bond motifs is 2. The highest BCUT2D eigenvalue weighted by Crippen LogP contribution is 2.43. The fourth-order valence-electron chi connectivity index (χ4n) is 5.85. The van der Waals surface area contributed by atoms with E-state index in [1.165, 1.54) is 34.9 Å². The minimum Gasteiger partial charge on any atom is -0.479 e. The van der Waals surface area contributed by atoms with Crippen LogP contribution < -0.4 is 25.7 Å². The monoisotopic (exact) mass is 727 g/mol. The third-order valence-electron chi connectivity index (χ3n) is 8.05. The van der Waals surface area contributed by atoms with Crippen molar-refractivity contribution in [1.82, 2.24) is 19.5 Å². The summed E-state index contributed by atoms with van der Waals surface area (Å²) in [5, 5.41) is 19.4. The van der Waals surface area contributed by atoms with Gasteiger partial charge in [-0.3, -0.25) is 18.7 Å². The van der Waals surface area contributed by atoms with E-state index < -0.39 is 32.4 Å². The Balaban J connectivity index is 1.28. The molecule has 1 aliphatic rings. The Kier molecular flexibility index (Phi) is 8.22. The van der Waals surface area contributed by atoms with Crippen LogP contribution in [0.25, 0.3) is 22.0 Å². The number of aromatic nitrogens is 4. The minimum absolute atomic E-state index is 0.00334. The average Bonchev–Trinajstić information content (AvgIpc) is 3.06. The molecule has 0 amide bonds. The number of pyridine rings is 1. The Bertz CT molecular complexity index is 2650. The van der Waals surface area contributed by atoms with Crippen molar-refractivity contribution in [2.24, 2.45) is 7.05 Å². The van der Waals surface area contributed by atoms with Crippen LogP contribution in [0.5, 0.6) is 11.8 Å². The third-order valence-corrected chi connectivity index (χ3v) is 9.28. The standard InChI is InChI=1S/C33H25N7O9S2/c1-16-7-11-25(49-50(44)45)22(13-16)36-32-37-31(38-33(43)39-32)34-17-8-12-26(51(46,47)48)23(14-17)35-21-9-10-24-28-20(15-27(41)40(24)2)18-5-3-4-6-19(18)30(42)29(21)28/h3-15,35H,1-2H3,(H,44,45)(H,46,47,48)(H3,34,36,37,38,39,43). The summed E-state index contributed by atoms with van der Waals surface area (Å²) in [5.41, 5.74) is 3.10. The molecule has 51 heavy (non-hydrogen) atoms. The molecule has 0 saturated carbocycles. The summed E-state index contributed by atoms with van der Waals surface area (Å²) in [4.78, 5) is 38.3. The van der Waals surface area contributed by atoms with Crippen LogP contribution in [0, 0.1) is 6.92 Å². The predicted molar refractivity (Wildman–Crippen MR) is 188 cm³/mol. The van der Waals surface area contributed by atoms with Crippen molar-refractivity contribution in [3.8, 4) is 22.9 Å². The molecule has 1 aliphatic carbocycles. The van der Waals surface area contributed by atoms with Gasteiger partial charge in [-0.25, -0.2) is 0 Å². The smallest absolute Gasteiger partial charge is 0.357 e. The van der Waals surface area contributed by atoms with E-state index in [-0.39, 0.29) is 57.3 Å². The van der Waals surface area contributed by atoms with Gasteiger partial charge in [0.2, 0.25) is 11.9 Å². The first-order valence-electron chi connectivity index (χ1n) is 14.8. The summed E-state index contributed by atoms with van der Waals surface area (Å²) in [7, 11) is -3.22. The molecule has 18 heteroatoms. The summed E-state index contributed by atoms with van der Waals surface area (Å²) in [6.45, 7) is 1.77. The number of carbonyl (C=O) groups is 1. The Morgan fingerprint density at radius 2 is 1.53 bits per heavy atom. The highest BCUT2D eigenvalue weighted by Gasteiger charge is 2.30. The van der Waals surface area contributed by atoms with Gasteiger partial charge in [0.05, 0.1) is 28.1 Å². The normalized spacial score (nSPS) is 12.7. The zero-order valence-electron chi connectivity index (χ0n) is 26.4. The second-order valence-electron chi connectivity index (χ2n) is 11.4. The van der Waals surface area contributed by atoms with Gasteiger partial charge in [-0.05, 0) is 66.1 Å². The molecular formula is C33H25N7O9S2. The molecule has 6 N–H and O–H groups in total. The number of aromatic hydroxyl groups is 1. The summed E-state index contributed by atoms with van der Waals surface area (Å²) in [6, 6.07) is 19.2. The van der Waals surface area contributed by atoms with Gasteiger partial charge < -0.3 is 29.8 Å². The number of hydrogen-bond donors (Lipinski definition) is 6. The van der Waals surface area contributed by atoms with Crippen molar-refractivity contribution in [2.75, 3.05) is 16.0 Å². The molecule has 1 unspecified atom stereocenters. The number of rotatable bonds is 9. The number of hydrogen-bond acceptors (Lipinski definition) is 13. The quantitative estimate of drug-likeness (QED) is 0.0853. The van der Waals surface area contributed by atoms with Crippen LogP contribution in [-0.2, 0) is 28.5 Å². The molecule has 0 spiro atoms. The van der Waals surface area contributed by atoms with Crippen molar-refractivity contribution in [2.45, 2.75) is 11.8 Å². The summed E-state index contributed by atoms with van der Waals surface area (Å²) in [6.07, 6.45) is 0. The van der Waals surface area contributed by atoms with Gasteiger partial charge >= 0.3 is 17.4 Å². The lowest BCUT2D eigenvalue weighted by Gasteiger charge is -2.24. The molecule has 2 heterocycles. The summed E-state index contributed by atoms with van der Waals surface area (Å²) in [5.74, 6) is -0.747. The van der Waals surface area contributed by atoms with Crippen LogP contribution in [0.2, 0.25) is 0 Å². The van der Waals surface area contributed by atoms with Gasteiger partial charge in [0, 0.05) is 29.8 Å². The maximum absolute atomic E-state index is 14.0. The van der Waals surface area contributed by atoms with Crippen molar-refractivity contribution in [3.05, 3.63) is 106 Å². The third kappa shape index (κ3) is 6.34. The average molecular weight is 728 g/mol. The van der Waals surface area contributed by atoms with Gasteiger partial charge in [-0.2, -0.15) is 27.6 Å². The first kappa shape index (κ1) is 33.3. The zero-order chi connectivity index (χ0) is 36.2. The number of benzene rings is 4. The van der Waals surface area contributed by atoms with Crippen LogP contribution >= 0.6 is 0 Å². The fourth-order valence-corrected chi connectivity index (χ4v) is 6.78. The van der Waals surface area contributed by atoms with Crippen molar-refractivity contribution in [3.63, 3.8) is 0 Å². The SMILES string of the molecule is Cc1ccc(OS(=O)O)c(Nc2nc(O)nc(Nc3ccc(S(=O)(=O)O)c(Nc4ccc5c6c(cc(=O)n5C)-c5ccccc5C(=O)c46)c3)n2)c1. The minimum atomic E-state index is -4.80. The van der Waals surface area contributed by atoms with Crippen LogP contribution in [0.15, 0.2) is 88.6 Å². The van der Waals surface area contributed by atoms with Crippen LogP contribution in [0.3, 0.4) is 0 Å². The maximum Gasteiger partial charge on any atom is 0.357 e. The first-order chi connectivity index (χ1) is 24.3. The van der Waals surface area contributed by atoms with E-state index in [1.54, 1.807) is 56.4 Å². The van der Waals surface area contributed by atoms with Gasteiger partial charge in [-0.1, -0.05) is 30.3 Å². The number of nitrogens with zero attached hydrogens (tertiary/aromatic N) is 4. The van der Waals surface area contributed by atoms with E-state index in [0.717, 1.165) is 11.6 Å². The number of carbonyl (C=O) groups excluding carboxylic acids is 1. The fraction of sp³-hybridized carbons (Fsp3) is 0.0606. The van der Waals surface area contributed by atoms with Gasteiger partial charge in [0.15, 0.2) is 11.5 Å². The molecule has 16 nitrogen and oxygen atoms in total. The number of aryl methyl sites for hydroxylation is 2. The second kappa shape index (κ2) is 12.6. The molecule has 2 aromatic heterocycles. The summed E-state index contributed by atoms with van der Waals surface area (Å²) >= 11 is -2.63. The second-order valence-corrected chi connectivity index (χ2v) is 13.3. The number of anilines is 6. The van der Waals surface area contributed by atoms with E-state index in [9.17, 15) is 36.4 Å². The Labute approximate surface area is 291 Å². The lowest BCUT2D eigenvalue weighted by Crippen LogP contribution is -2.21. The summed E-state index contributed by atoms with van der Waals surface area (Å²) < 4.78 is 62.0. The molecular weight excluding hydrogens is 703 g/mol. The van der Waals surface area contributed by atoms with Crippen molar-refractivity contribution >= 4 is 72.8 Å². The van der Waals surface area contributed by atoms with Crippen LogP contribution in [0.1, 0.15) is 21.5 Å². The van der Waals surface area contributed by atoms with Gasteiger partial charge in [0.1, 0.15) is 4.90 Å². The lowest BCUT2D eigenvalue weighted by atomic mass is 9.83. The van der Waals surface area contributed by atoms with Gasteiger partial charge in [0.25, 0.3) is 15.7 Å². The van der Waals surface area contributed by atoms with E-state index >= 15 is 0 Å². The largest absolute Gasteiger partial charge is 0.479 e.